The number of rotatable bonds is 4. The number of nitrogens with one attached hydrogen (secondary N) is 1. The van der Waals surface area contributed by atoms with Crippen molar-refractivity contribution in [1.29, 1.82) is 0 Å². The van der Waals surface area contributed by atoms with Crippen molar-refractivity contribution in [3.05, 3.63) is 5.82 Å². The van der Waals surface area contributed by atoms with Gasteiger partial charge in [-0.2, -0.15) is 4.98 Å². The third kappa shape index (κ3) is 3.00. The fourth-order valence-corrected chi connectivity index (χ4v) is 1.63. The highest BCUT2D eigenvalue weighted by Crippen LogP contribution is 2.12. The lowest BCUT2D eigenvalue weighted by Crippen LogP contribution is -2.14. The van der Waals surface area contributed by atoms with Crippen LogP contribution in [0.5, 0.6) is 0 Å². The smallest absolute Gasteiger partial charge is 0.315 e. The van der Waals surface area contributed by atoms with Gasteiger partial charge in [0.1, 0.15) is 0 Å². The van der Waals surface area contributed by atoms with Gasteiger partial charge in [0.25, 0.3) is 0 Å². The Bertz CT molecular complexity index is 522. The standard InChI is InChI=1S/C7H9N7O2S/c1-4-8-6(16-11-4)9-5(15)3-17-7-10-12-13-14(7)2/h3H2,1-2H3,(H,8,9,11,15). The van der Waals surface area contributed by atoms with Crippen LogP contribution < -0.4 is 5.32 Å². The quantitative estimate of drug-likeness (QED) is 0.736. The van der Waals surface area contributed by atoms with Gasteiger partial charge in [-0.1, -0.05) is 16.9 Å². The van der Waals surface area contributed by atoms with Crippen LogP contribution in [0.15, 0.2) is 9.68 Å². The maximum Gasteiger partial charge on any atom is 0.328 e. The Morgan fingerprint density at radius 3 is 3.00 bits per heavy atom. The van der Waals surface area contributed by atoms with Crippen molar-refractivity contribution in [2.75, 3.05) is 11.1 Å². The number of tetrazole rings is 1. The van der Waals surface area contributed by atoms with Crippen LogP contribution in [0.25, 0.3) is 0 Å². The molecule has 1 N–H and O–H groups in total. The van der Waals surface area contributed by atoms with Gasteiger partial charge in [-0.05, 0) is 17.4 Å². The van der Waals surface area contributed by atoms with Crippen molar-refractivity contribution in [1.82, 2.24) is 30.3 Å². The molecule has 0 saturated carbocycles. The fraction of sp³-hybridized carbons (Fsp3) is 0.429. The molecule has 0 aliphatic carbocycles. The summed E-state index contributed by atoms with van der Waals surface area (Å²) in [6.45, 7) is 1.67. The fourth-order valence-electron chi connectivity index (χ4n) is 0.977. The molecule has 90 valence electrons. The molecule has 0 bridgehead atoms. The van der Waals surface area contributed by atoms with E-state index in [0.717, 1.165) is 0 Å². The van der Waals surface area contributed by atoms with Gasteiger partial charge < -0.3 is 4.52 Å². The second-order valence-electron chi connectivity index (χ2n) is 3.07. The zero-order valence-electron chi connectivity index (χ0n) is 9.12. The van der Waals surface area contributed by atoms with Gasteiger partial charge in [-0.15, -0.1) is 5.10 Å². The van der Waals surface area contributed by atoms with Gasteiger partial charge in [0, 0.05) is 7.05 Å². The normalized spacial score (nSPS) is 10.5. The van der Waals surface area contributed by atoms with E-state index in [1.165, 1.54) is 16.4 Å². The topological polar surface area (TPSA) is 112 Å². The summed E-state index contributed by atoms with van der Waals surface area (Å²) in [4.78, 5) is 15.3. The van der Waals surface area contributed by atoms with Gasteiger partial charge in [-0.25, -0.2) is 4.68 Å². The van der Waals surface area contributed by atoms with E-state index >= 15 is 0 Å². The molecular weight excluding hydrogens is 246 g/mol. The number of thioether (sulfide) groups is 1. The number of amides is 1. The second kappa shape index (κ2) is 4.91. The third-order valence-electron chi connectivity index (χ3n) is 1.69. The van der Waals surface area contributed by atoms with Crippen molar-refractivity contribution in [2.24, 2.45) is 7.05 Å². The number of aryl methyl sites for hydroxylation is 2. The summed E-state index contributed by atoms with van der Waals surface area (Å²) in [5.41, 5.74) is 0. The molecule has 2 heterocycles. The molecule has 0 spiro atoms. The Labute approximate surface area is 100.0 Å². The monoisotopic (exact) mass is 255 g/mol. The molecule has 2 aromatic rings. The van der Waals surface area contributed by atoms with Gasteiger partial charge in [0.2, 0.25) is 11.1 Å². The zero-order valence-corrected chi connectivity index (χ0v) is 9.93. The average molecular weight is 255 g/mol. The molecule has 0 aliphatic heterocycles. The maximum atomic E-state index is 11.5. The Morgan fingerprint density at radius 1 is 1.59 bits per heavy atom. The molecule has 17 heavy (non-hydrogen) atoms. The van der Waals surface area contributed by atoms with Crippen LogP contribution in [0.2, 0.25) is 0 Å². The van der Waals surface area contributed by atoms with Crippen molar-refractivity contribution >= 4 is 23.7 Å². The largest absolute Gasteiger partial charge is 0.328 e. The van der Waals surface area contributed by atoms with Gasteiger partial charge in [0.15, 0.2) is 5.82 Å². The predicted molar refractivity (Wildman–Crippen MR) is 57.2 cm³/mol. The van der Waals surface area contributed by atoms with E-state index in [0.29, 0.717) is 11.0 Å². The van der Waals surface area contributed by atoms with Crippen LogP contribution >= 0.6 is 11.8 Å². The van der Waals surface area contributed by atoms with E-state index in [4.69, 9.17) is 4.52 Å². The number of nitrogens with zero attached hydrogens (tertiary/aromatic N) is 6. The third-order valence-corrected chi connectivity index (χ3v) is 2.70. The molecule has 0 radical (unpaired) electrons. The molecule has 0 unspecified atom stereocenters. The summed E-state index contributed by atoms with van der Waals surface area (Å²) in [5, 5.41) is 17.4. The minimum absolute atomic E-state index is 0.0872. The summed E-state index contributed by atoms with van der Waals surface area (Å²) < 4.78 is 6.23. The number of hydrogen-bond acceptors (Lipinski definition) is 8. The summed E-state index contributed by atoms with van der Waals surface area (Å²) in [5.74, 6) is 0.363. The molecule has 0 fully saturated rings. The molecule has 2 rings (SSSR count). The number of carbonyl (C=O) groups is 1. The van der Waals surface area contributed by atoms with Crippen molar-refractivity contribution in [2.45, 2.75) is 12.1 Å². The van der Waals surface area contributed by atoms with Crippen LogP contribution in [0.3, 0.4) is 0 Å². The van der Waals surface area contributed by atoms with Crippen molar-refractivity contribution < 1.29 is 9.32 Å². The summed E-state index contributed by atoms with van der Waals surface area (Å²) in [7, 11) is 1.70. The highest BCUT2D eigenvalue weighted by molar-refractivity contribution is 7.99. The Hall–Kier alpha value is -1.97. The van der Waals surface area contributed by atoms with Crippen LogP contribution in [0, 0.1) is 6.92 Å². The predicted octanol–water partition coefficient (Wildman–Crippen LogP) is -0.368. The number of aromatic nitrogens is 6. The molecular formula is C7H9N7O2S. The maximum absolute atomic E-state index is 11.5. The minimum atomic E-state index is -0.262. The number of hydrogen-bond donors (Lipinski definition) is 1. The molecule has 2 aromatic heterocycles. The van der Waals surface area contributed by atoms with Crippen molar-refractivity contribution in [3.63, 3.8) is 0 Å². The lowest BCUT2D eigenvalue weighted by atomic mass is 10.7. The van der Waals surface area contributed by atoms with Crippen LogP contribution in [-0.4, -0.2) is 42.0 Å². The first-order chi connectivity index (χ1) is 8.15. The van der Waals surface area contributed by atoms with E-state index in [-0.39, 0.29) is 17.7 Å². The average Bonchev–Trinajstić information content (AvgIpc) is 2.85. The Kier molecular flexibility index (Phi) is 3.32. The van der Waals surface area contributed by atoms with E-state index in [2.05, 4.69) is 31.0 Å². The lowest BCUT2D eigenvalue weighted by Gasteiger charge is -1.98. The van der Waals surface area contributed by atoms with Gasteiger partial charge in [0.05, 0.1) is 5.75 Å². The van der Waals surface area contributed by atoms with Crippen LogP contribution in [-0.2, 0) is 11.8 Å². The second-order valence-corrected chi connectivity index (χ2v) is 4.01. The number of anilines is 1. The highest BCUT2D eigenvalue weighted by Gasteiger charge is 2.10. The van der Waals surface area contributed by atoms with E-state index in [9.17, 15) is 4.79 Å². The molecule has 1 amide bonds. The summed E-state index contributed by atoms with van der Waals surface area (Å²) in [6, 6.07) is 0.0872. The Morgan fingerprint density at radius 2 is 2.41 bits per heavy atom. The van der Waals surface area contributed by atoms with Gasteiger partial charge >= 0.3 is 6.01 Å². The van der Waals surface area contributed by atoms with Crippen LogP contribution in [0.1, 0.15) is 5.82 Å². The highest BCUT2D eigenvalue weighted by atomic mass is 32.2. The first-order valence-electron chi connectivity index (χ1n) is 4.60. The molecule has 10 heteroatoms. The van der Waals surface area contributed by atoms with E-state index in [1.54, 1.807) is 14.0 Å². The Balaban J connectivity index is 1.84. The van der Waals surface area contributed by atoms with E-state index < -0.39 is 0 Å². The molecule has 9 nitrogen and oxygen atoms in total. The van der Waals surface area contributed by atoms with E-state index in [1.807, 2.05) is 0 Å². The molecule has 0 atom stereocenters. The zero-order chi connectivity index (χ0) is 12.3. The van der Waals surface area contributed by atoms with Crippen molar-refractivity contribution in [3.8, 4) is 0 Å². The summed E-state index contributed by atoms with van der Waals surface area (Å²) in [6.07, 6.45) is 0. The minimum Gasteiger partial charge on any atom is -0.315 e. The molecule has 0 aromatic carbocycles. The van der Waals surface area contributed by atoms with Gasteiger partial charge in [-0.3, -0.25) is 10.1 Å². The first kappa shape index (κ1) is 11.5. The first-order valence-corrected chi connectivity index (χ1v) is 5.59. The van der Waals surface area contributed by atoms with Crippen LogP contribution in [0.4, 0.5) is 6.01 Å². The molecule has 0 aliphatic rings. The molecule has 0 saturated heterocycles. The number of carbonyl (C=O) groups excluding carboxylic acids is 1. The SMILES string of the molecule is Cc1noc(NC(=O)CSc2nnnn2C)n1. The summed E-state index contributed by atoms with van der Waals surface area (Å²) >= 11 is 1.21. The lowest BCUT2D eigenvalue weighted by molar-refractivity contribution is -0.114.